The fourth-order valence-corrected chi connectivity index (χ4v) is 1.05. The second-order valence-electron chi connectivity index (χ2n) is 2.93. The molecule has 1 rings (SSSR count). The van der Waals surface area contributed by atoms with Crippen molar-refractivity contribution in [2.24, 2.45) is 0 Å². The first kappa shape index (κ1) is 9.08. The van der Waals surface area contributed by atoms with Gasteiger partial charge >= 0.3 is 0 Å². The Morgan fingerprint density at radius 1 is 1.92 bits per heavy atom. The number of hydrogen-bond acceptors (Lipinski definition) is 2. The second-order valence-corrected chi connectivity index (χ2v) is 2.93. The molecule has 1 aliphatic rings. The highest BCUT2D eigenvalue weighted by Crippen LogP contribution is 2.02. The maximum atomic E-state index is 11.3. The largest absolute Gasteiger partial charge is 0.341 e. The molecule has 2 unspecified atom stereocenters. The molecule has 1 aliphatic heterocycles. The Balaban J connectivity index is 2.29. The molecule has 0 aromatic carbocycles. The molecule has 0 aliphatic carbocycles. The van der Waals surface area contributed by atoms with Crippen molar-refractivity contribution in [3.05, 3.63) is 0 Å². The predicted molar refractivity (Wildman–Crippen MR) is 47.5 cm³/mol. The van der Waals surface area contributed by atoms with Crippen molar-refractivity contribution < 1.29 is 4.79 Å². The highest BCUT2D eigenvalue weighted by molar-refractivity contribution is 5.83. The number of rotatable bonds is 3. The van der Waals surface area contributed by atoms with E-state index >= 15 is 0 Å². The summed E-state index contributed by atoms with van der Waals surface area (Å²) in [6, 6.07) is -0.118. The molecule has 0 bridgehead atoms. The fourth-order valence-electron chi connectivity index (χ4n) is 1.05. The number of amides is 1. The molecule has 66 valence electrons. The molecule has 2 N–H and O–H groups in total. The summed E-state index contributed by atoms with van der Waals surface area (Å²) < 4.78 is 0. The van der Waals surface area contributed by atoms with Gasteiger partial charge in [-0.3, -0.25) is 4.79 Å². The molecule has 0 saturated carbocycles. The van der Waals surface area contributed by atoms with Gasteiger partial charge in [-0.25, -0.2) is 0 Å². The smallest absolute Gasteiger partial charge is 0.238 e. The van der Waals surface area contributed by atoms with Gasteiger partial charge in [0.15, 0.2) is 0 Å². The summed E-state index contributed by atoms with van der Waals surface area (Å²) in [6.45, 7) is 2.89. The number of carbonyl (C=O) groups excluding carboxylic acids is 1. The number of hydrogen-bond donors (Lipinski definition) is 2. The molecular formula is C9H14N2O. The van der Waals surface area contributed by atoms with Crippen molar-refractivity contribution in [2.75, 3.05) is 6.54 Å². The summed E-state index contributed by atoms with van der Waals surface area (Å²) in [5.41, 5.74) is 0. The van der Waals surface area contributed by atoms with Gasteiger partial charge < -0.3 is 10.6 Å². The van der Waals surface area contributed by atoms with E-state index in [1.165, 1.54) is 0 Å². The minimum Gasteiger partial charge on any atom is -0.341 e. The van der Waals surface area contributed by atoms with Crippen LogP contribution in [0, 0.1) is 12.3 Å². The summed E-state index contributed by atoms with van der Waals surface area (Å²) in [5.74, 6) is 2.56. The first-order valence-corrected chi connectivity index (χ1v) is 4.27. The molecule has 0 aromatic rings. The average molecular weight is 166 g/mol. The van der Waals surface area contributed by atoms with E-state index in [1.807, 2.05) is 6.92 Å². The third kappa shape index (κ3) is 1.99. The van der Waals surface area contributed by atoms with Gasteiger partial charge in [-0.05, 0) is 19.4 Å². The first-order chi connectivity index (χ1) is 5.77. The topological polar surface area (TPSA) is 41.1 Å². The van der Waals surface area contributed by atoms with E-state index < -0.39 is 0 Å². The molecule has 0 aromatic heterocycles. The summed E-state index contributed by atoms with van der Waals surface area (Å²) in [5, 5.41) is 5.80. The predicted octanol–water partition coefficient (Wildman–Crippen LogP) is -0.124. The molecule has 0 radical (unpaired) electrons. The standard InChI is InChI=1S/C9H14N2O/c1-3-7(4-2)11-9(12)8-5-6-10-8/h1,7-8,10H,4-6H2,2H3,(H,11,12). The highest BCUT2D eigenvalue weighted by atomic mass is 16.2. The summed E-state index contributed by atoms with van der Waals surface area (Å²) in [4.78, 5) is 11.3. The molecule has 1 fully saturated rings. The molecule has 1 amide bonds. The van der Waals surface area contributed by atoms with Crippen molar-refractivity contribution in [1.29, 1.82) is 0 Å². The zero-order chi connectivity index (χ0) is 8.97. The third-order valence-electron chi connectivity index (χ3n) is 2.07. The lowest BCUT2D eigenvalue weighted by Gasteiger charge is -2.27. The molecular weight excluding hydrogens is 152 g/mol. The maximum Gasteiger partial charge on any atom is 0.238 e. The van der Waals surface area contributed by atoms with Crippen LogP contribution >= 0.6 is 0 Å². The van der Waals surface area contributed by atoms with E-state index in [0.717, 1.165) is 19.4 Å². The van der Waals surface area contributed by atoms with E-state index in [4.69, 9.17) is 6.42 Å². The van der Waals surface area contributed by atoms with Crippen molar-refractivity contribution in [3.8, 4) is 12.3 Å². The van der Waals surface area contributed by atoms with Crippen LogP contribution in [0.1, 0.15) is 19.8 Å². The summed E-state index contributed by atoms with van der Waals surface area (Å²) in [6.07, 6.45) is 6.92. The monoisotopic (exact) mass is 166 g/mol. The normalized spacial score (nSPS) is 23.5. The Morgan fingerprint density at radius 3 is 2.92 bits per heavy atom. The minimum atomic E-state index is -0.111. The molecule has 12 heavy (non-hydrogen) atoms. The molecule has 1 saturated heterocycles. The van der Waals surface area contributed by atoms with Crippen molar-refractivity contribution in [3.63, 3.8) is 0 Å². The number of terminal acetylenes is 1. The van der Waals surface area contributed by atoms with Crippen molar-refractivity contribution in [2.45, 2.75) is 31.8 Å². The Hall–Kier alpha value is -1.01. The quantitative estimate of drug-likeness (QED) is 0.574. The van der Waals surface area contributed by atoms with Crippen LogP contribution in [-0.2, 0) is 4.79 Å². The molecule has 1 heterocycles. The van der Waals surface area contributed by atoms with Gasteiger partial charge in [-0.1, -0.05) is 12.8 Å². The van der Waals surface area contributed by atoms with E-state index in [2.05, 4.69) is 16.6 Å². The van der Waals surface area contributed by atoms with Crippen molar-refractivity contribution in [1.82, 2.24) is 10.6 Å². The van der Waals surface area contributed by atoms with E-state index in [9.17, 15) is 4.79 Å². The van der Waals surface area contributed by atoms with Gasteiger partial charge in [0, 0.05) is 0 Å². The second kappa shape index (κ2) is 4.13. The number of nitrogens with one attached hydrogen (secondary N) is 2. The Bertz CT molecular complexity index is 203. The minimum absolute atomic E-state index is 0.00704. The van der Waals surface area contributed by atoms with Gasteiger partial charge in [0.25, 0.3) is 0 Å². The van der Waals surface area contributed by atoms with Gasteiger partial charge in [0.1, 0.15) is 0 Å². The Labute approximate surface area is 72.9 Å². The lowest BCUT2D eigenvalue weighted by Crippen LogP contribution is -2.54. The first-order valence-electron chi connectivity index (χ1n) is 4.27. The van der Waals surface area contributed by atoms with Gasteiger partial charge in [-0.2, -0.15) is 0 Å². The summed E-state index contributed by atoms with van der Waals surface area (Å²) in [7, 11) is 0. The third-order valence-corrected chi connectivity index (χ3v) is 2.07. The number of carbonyl (C=O) groups is 1. The Kier molecular flexibility index (Phi) is 3.12. The maximum absolute atomic E-state index is 11.3. The molecule has 3 heteroatoms. The fraction of sp³-hybridized carbons (Fsp3) is 0.667. The lowest BCUT2D eigenvalue weighted by atomic mass is 10.1. The van der Waals surface area contributed by atoms with Gasteiger partial charge in [-0.15, -0.1) is 6.42 Å². The molecule has 3 nitrogen and oxygen atoms in total. The van der Waals surface area contributed by atoms with Gasteiger partial charge in [0.2, 0.25) is 5.91 Å². The van der Waals surface area contributed by atoms with E-state index in [-0.39, 0.29) is 18.0 Å². The zero-order valence-electron chi connectivity index (χ0n) is 7.26. The summed E-state index contributed by atoms with van der Waals surface area (Å²) >= 11 is 0. The van der Waals surface area contributed by atoms with Crippen molar-refractivity contribution >= 4 is 5.91 Å². The van der Waals surface area contributed by atoms with Crippen LogP contribution < -0.4 is 10.6 Å². The van der Waals surface area contributed by atoms with Crippen LogP contribution in [0.2, 0.25) is 0 Å². The van der Waals surface area contributed by atoms with E-state index in [1.54, 1.807) is 0 Å². The Morgan fingerprint density at radius 2 is 2.58 bits per heavy atom. The van der Waals surface area contributed by atoms with Crippen LogP contribution in [0.25, 0.3) is 0 Å². The van der Waals surface area contributed by atoms with Gasteiger partial charge in [0.05, 0.1) is 12.1 Å². The van der Waals surface area contributed by atoms with Crippen LogP contribution in [0.3, 0.4) is 0 Å². The van der Waals surface area contributed by atoms with Crippen LogP contribution in [0.5, 0.6) is 0 Å². The van der Waals surface area contributed by atoms with Crippen LogP contribution in [-0.4, -0.2) is 24.5 Å². The van der Waals surface area contributed by atoms with Crippen LogP contribution in [0.4, 0.5) is 0 Å². The lowest BCUT2D eigenvalue weighted by molar-refractivity contribution is -0.125. The zero-order valence-corrected chi connectivity index (χ0v) is 7.26. The average Bonchev–Trinajstić information content (AvgIpc) is 1.96. The SMILES string of the molecule is C#CC(CC)NC(=O)C1CCN1. The molecule has 0 spiro atoms. The van der Waals surface area contributed by atoms with E-state index in [0.29, 0.717) is 0 Å². The van der Waals surface area contributed by atoms with Crippen LogP contribution in [0.15, 0.2) is 0 Å². The highest BCUT2D eigenvalue weighted by Gasteiger charge is 2.25. The molecule has 2 atom stereocenters.